The molecule has 1 aliphatic rings. The van der Waals surface area contributed by atoms with Crippen molar-refractivity contribution in [2.45, 2.75) is 58.7 Å². The van der Waals surface area contributed by atoms with Gasteiger partial charge in [0.2, 0.25) is 0 Å². The summed E-state index contributed by atoms with van der Waals surface area (Å²) in [7, 11) is 1.99. The predicted octanol–water partition coefficient (Wildman–Crippen LogP) is 2.43. The standard InChI is InChI=1S/C18H29N7.HI/c1-5-19-18(21-11-17-20-8-9-24(17)4)22-15-7-6-14-12-25(13(2)3)23-16(14)10-15;/h8-9,12-13,15H,5-7,10-11H2,1-4H3,(H2,19,21,22);1H. The Kier molecular flexibility index (Phi) is 7.48. The number of hydrogen-bond donors (Lipinski definition) is 2. The molecule has 1 aliphatic carbocycles. The van der Waals surface area contributed by atoms with Gasteiger partial charge in [0.25, 0.3) is 0 Å². The minimum atomic E-state index is 0. The van der Waals surface area contributed by atoms with E-state index in [9.17, 15) is 0 Å². The third-order valence-corrected chi connectivity index (χ3v) is 4.61. The van der Waals surface area contributed by atoms with Crippen LogP contribution < -0.4 is 10.6 Å². The first-order valence-corrected chi connectivity index (χ1v) is 9.14. The summed E-state index contributed by atoms with van der Waals surface area (Å²) in [5.41, 5.74) is 2.61. The number of hydrogen-bond acceptors (Lipinski definition) is 3. The molecule has 0 aliphatic heterocycles. The molecule has 0 fully saturated rings. The summed E-state index contributed by atoms with van der Waals surface area (Å²) < 4.78 is 4.08. The molecule has 0 aromatic carbocycles. The molecule has 2 N–H and O–H groups in total. The van der Waals surface area contributed by atoms with Gasteiger partial charge in [-0.15, -0.1) is 24.0 Å². The van der Waals surface area contributed by atoms with Crippen molar-refractivity contribution in [2.75, 3.05) is 6.54 Å². The van der Waals surface area contributed by atoms with E-state index < -0.39 is 0 Å². The zero-order chi connectivity index (χ0) is 17.8. The molecule has 0 amide bonds. The number of aryl methyl sites for hydroxylation is 2. The lowest BCUT2D eigenvalue weighted by atomic mass is 9.94. The minimum Gasteiger partial charge on any atom is -0.357 e. The number of imidazole rings is 1. The first-order valence-electron chi connectivity index (χ1n) is 9.14. The van der Waals surface area contributed by atoms with E-state index in [1.165, 1.54) is 11.3 Å². The van der Waals surface area contributed by atoms with Crippen molar-refractivity contribution in [1.82, 2.24) is 30.0 Å². The van der Waals surface area contributed by atoms with Gasteiger partial charge in [0.1, 0.15) is 12.4 Å². The number of fused-ring (bicyclic) bond motifs is 1. The second-order valence-electron chi connectivity index (χ2n) is 6.91. The van der Waals surface area contributed by atoms with Crippen LogP contribution in [0.4, 0.5) is 0 Å². The van der Waals surface area contributed by atoms with Crippen LogP contribution in [-0.4, -0.2) is 37.9 Å². The molecule has 0 saturated heterocycles. The highest BCUT2D eigenvalue weighted by atomic mass is 127. The largest absolute Gasteiger partial charge is 0.357 e. The number of rotatable bonds is 5. The summed E-state index contributed by atoms with van der Waals surface area (Å²) in [5, 5.41) is 11.7. The number of halogens is 1. The molecule has 0 radical (unpaired) electrons. The van der Waals surface area contributed by atoms with Crippen LogP contribution in [0.2, 0.25) is 0 Å². The van der Waals surface area contributed by atoms with E-state index >= 15 is 0 Å². The van der Waals surface area contributed by atoms with Gasteiger partial charge in [-0.2, -0.15) is 5.10 Å². The molecular formula is C18H30IN7. The molecule has 2 aromatic rings. The Bertz CT molecular complexity index is 732. The number of nitrogens with zero attached hydrogens (tertiary/aromatic N) is 5. The van der Waals surface area contributed by atoms with Crippen molar-refractivity contribution in [3.63, 3.8) is 0 Å². The molecule has 144 valence electrons. The van der Waals surface area contributed by atoms with E-state index in [1.807, 2.05) is 17.8 Å². The smallest absolute Gasteiger partial charge is 0.191 e. The third kappa shape index (κ3) is 4.99. The Hall–Kier alpha value is -1.58. The van der Waals surface area contributed by atoms with Crippen molar-refractivity contribution in [3.8, 4) is 0 Å². The van der Waals surface area contributed by atoms with Gasteiger partial charge in [-0.1, -0.05) is 0 Å². The highest BCUT2D eigenvalue weighted by Crippen LogP contribution is 2.21. The second kappa shape index (κ2) is 9.38. The Morgan fingerprint density at radius 3 is 2.88 bits per heavy atom. The van der Waals surface area contributed by atoms with Crippen LogP contribution in [0, 0.1) is 0 Å². The Labute approximate surface area is 172 Å². The fraction of sp³-hybridized carbons (Fsp3) is 0.611. The molecule has 0 spiro atoms. The Morgan fingerprint density at radius 1 is 1.42 bits per heavy atom. The number of nitrogens with one attached hydrogen (secondary N) is 2. The summed E-state index contributed by atoms with van der Waals surface area (Å²) >= 11 is 0. The minimum absolute atomic E-state index is 0. The lowest BCUT2D eigenvalue weighted by Gasteiger charge is -2.24. The quantitative estimate of drug-likeness (QED) is 0.399. The topological polar surface area (TPSA) is 72.1 Å². The molecule has 8 heteroatoms. The molecule has 1 unspecified atom stereocenters. The maximum Gasteiger partial charge on any atom is 0.191 e. The summed E-state index contributed by atoms with van der Waals surface area (Å²) in [6.07, 6.45) is 9.07. The van der Waals surface area contributed by atoms with Gasteiger partial charge in [0.15, 0.2) is 5.96 Å². The van der Waals surface area contributed by atoms with Gasteiger partial charge in [0.05, 0.1) is 5.69 Å². The van der Waals surface area contributed by atoms with E-state index in [-0.39, 0.29) is 24.0 Å². The van der Waals surface area contributed by atoms with Crippen molar-refractivity contribution in [2.24, 2.45) is 12.0 Å². The Balaban J connectivity index is 0.00000243. The molecule has 7 nitrogen and oxygen atoms in total. The number of aromatic nitrogens is 4. The summed E-state index contributed by atoms with van der Waals surface area (Å²) in [6.45, 7) is 7.83. The lowest BCUT2D eigenvalue weighted by molar-refractivity contribution is 0.499. The lowest BCUT2D eigenvalue weighted by Crippen LogP contribution is -2.45. The predicted molar refractivity (Wildman–Crippen MR) is 115 cm³/mol. The van der Waals surface area contributed by atoms with Crippen LogP contribution in [0.5, 0.6) is 0 Å². The number of guanidine groups is 1. The van der Waals surface area contributed by atoms with Gasteiger partial charge in [-0.05, 0) is 39.2 Å². The maximum absolute atomic E-state index is 4.76. The monoisotopic (exact) mass is 471 g/mol. The molecule has 0 bridgehead atoms. The molecule has 1 atom stereocenters. The second-order valence-corrected chi connectivity index (χ2v) is 6.91. The van der Waals surface area contributed by atoms with Crippen LogP contribution in [0.1, 0.15) is 50.3 Å². The van der Waals surface area contributed by atoms with E-state index in [4.69, 9.17) is 5.10 Å². The molecular weight excluding hydrogens is 441 g/mol. The molecule has 0 saturated carbocycles. The maximum atomic E-state index is 4.76. The van der Waals surface area contributed by atoms with E-state index in [0.29, 0.717) is 18.6 Å². The van der Waals surface area contributed by atoms with Crippen LogP contribution >= 0.6 is 24.0 Å². The zero-order valence-electron chi connectivity index (χ0n) is 16.1. The fourth-order valence-corrected chi connectivity index (χ4v) is 3.11. The van der Waals surface area contributed by atoms with E-state index in [2.05, 4.69) is 52.3 Å². The van der Waals surface area contributed by atoms with Gasteiger partial charge >= 0.3 is 0 Å². The van der Waals surface area contributed by atoms with Crippen LogP contribution in [0.3, 0.4) is 0 Å². The van der Waals surface area contributed by atoms with Crippen LogP contribution in [-0.2, 0) is 26.4 Å². The first-order chi connectivity index (χ1) is 12.1. The SMILES string of the molecule is CCNC(=NCc1nccn1C)NC1CCc2cn(C(C)C)nc2C1.I. The molecule has 2 heterocycles. The van der Waals surface area contributed by atoms with Gasteiger partial charge in [-0.3, -0.25) is 4.68 Å². The van der Waals surface area contributed by atoms with Crippen molar-refractivity contribution < 1.29 is 0 Å². The van der Waals surface area contributed by atoms with E-state index in [1.54, 1.807) is 6.20 Å². The van der Waals surface area contributed by atoms with Gasteiger partial charge in [0, 0.05) is 50.7 Å². The van der Waals surface area contributed by atoms with Crippen molar-refractivity contribution in [3.05, 3.63) is 35.7 Å². The van der Waals surface area contributed by atoms with Crippen molar-refractivity contribution >= 4 is 29.9 Å². The average Bonchev–Trinajstić information content (AvgIpc) is 3.18. The normalized spacial score (nSPS) is 17.0. The molecule has 3 rings (SSSR count). The first kappa shape index (κ1) is 20.7. The van der Waals surface area contributed by atoms with Gasteiger partial charge < -0.3 is 15.2 Å². The third-order valence-electron chi connectivity index (χ3n) is 4.61. The molecule has 26 heavy (non-hydrogen) atoms. The Morgan fingerprint density at radius 2 is 2.23 bits per heavy atom. The molecule has 2 aromatic heterocycles. The fourth-order valence-electron chi connectivity index (χ4n) is 3.11. The van der Waals surface area contributed by atoms with Crippen molar-refractivity contribution in [1.29, 1.82) is 0 Å². The summed E-state index contributed by atoms with van der Waals surface area (Å²) in [6, 6.07) is 0.774. The highest BCUT2D eigenvalue weighted by Gasteiger charge is 2.23. The van der Waals surface area contributed by atoms with E-state index in [0.717, 1.165) is 37.6 Å². The highest BCUT2D eigenvalue weighted by molar-refractivity contribution is 14.0. The zero-order valence-corrected chi connectivity index (χ0v) is 18.4. The average molecular weight is 471 g/mol. The summed E-state index contributed by atoms with van der Waals surface area (Å²) in [4.78, 5) is 9.02. The number of aliphatic imine (C=N–C) groups is 1. The van der Waals surface area contributed by atoms with Crippen LogP contribution in [0.25, 0.3) is 0 Å². The van der Waals surface area contributed by atoms with Crippen LogP contribution in [0.15, 0.2) is 23.6 Å². The summed E-state index contributed by atoms with van der Waals surface area (Å²) in [5.74, 6) is 1.81. The van der Waals surface area contributed by atoms with Gasteiger partial charge in [-0.25, -0.2) is 9.98 Å².